The van der Waals surface area contributed by atoms with E-state index in [9.17, 15) is 0 Å². The molecule has 0 saturated carbocycles. The van der Waals surface area contributed by atoms with Gasteiger partial charge in [0.25, 0.3) is 0 Å². The van der Waals surface area contributed by atoms with E-state index in [0.717, 1.165) is 12.0 Å². The highest BCUT2D eigenvalue weighted by molar-refractivity contribution is 5.34. The standard InChI is InChI=1S/C9H8N2O/c10-6-7-3-5-12-9-8(7)2-1-4-11-9/h1-2,4,7H,3,5H2. The zero-order chi connectivity index (χ0) is 8.39. The minimum atomic E-state index is -0.0394. The molecule has 0 amide bonds. The molecule has 0 saturated heterocycles. The topological polar surface area (TPSA) is 45.9 Å². The quantitative estimate of drug-likeness (QED) is 0.577. The minimum Gasteiger partial charge on any atom is -0.477 e. The van der Waals surface area contributed by atoms with Crippen LogP contribution in [0.25, 0.3) is 0 Å². The SMILES string of the molecule is N#CC1CCOc2ncccc21. The number of rotatable bonds is 0. The molecule has 0 aromatic carbocycles. The Morgan fingerprint density at radius 3 is 3.42 bits per heavy atom. The molecular weight excluding hydrogens is 152 g/mol. The van der Waals surface area contributed by atoms with Crippen molar-refractivity contribution in [1.29, 1.82) is 5.26 Å². The van der Waals surface area contributed by atoms with E-state index in [-0.39, 0.29) is 5.92 Å². The van der Waals surface area contributed by atoms with Crippen molar-refractivity contribution in [3.8, 4) is 11.9 Å². The Kier molecular flexibility index (Phi) is 1.67. The van der Waals surface area contributed by atoms with Crippen LogP contribution in [0.1, 0.15) is 17.9 Å². The minimum absolute atomic E-state index is 0.0394. The predicted molar refractivity (Wildman–Crippen MR) is 42.7 cm³/mol. The number of aromatic nitrogens is 1. The molecule has 2 heterocycles. The summed E-state index contributed by atoms with van der Waals surface area (Å²) in [5.74, 6) is 0.581. The zero-order valence-electron chi connectivity index (χ0n) is 6.53. The molecule has 3 heteroatoms. The number of hydrogen-bond donors (Lipinski definition) is 0. The molecule has 0 aliphatic carbocycles. The number of ether oxygens (including phenoxy) is 1. The smallest absolute Gasteiger partial charge is 0.217 e. The van der Waals surface area contributed by atoms with E-state index in [2.05, 4.69) is 11.1 Å². The van der Waals surface area contributed by atoms with Gasteiger partial charge in [-0.2, -0.15) is 5.26 Å². The molecule has 1 aliphatic rings. The highest BCUT2D eigenvalue weighted by Crippen LogP contribution is 2.30. The number of nitriles is 1. The van der Waals surface area contributed by atoms with Crippen molar-refractivity contribution >= 4 is 0 Å². The number of fused-ring (bicyclic) bond motifs is 1. The van der Waals surface area contributed by atoms with Gasteiger partial charge in [-0.3, -0.25) is 0 Å². The van der Waals surface area contributed by atoms with Crippen molar-refractivity contribution in [2.45, 2.75) is 12.3 Å². The van der Waals surface area contributed by atoms with Gasteiger partial charge in [-0.25, -0.2) is 4.98 Å². The van der Waals surface area contributed by atoms with E-state index in [1.807, 2.05) is 12.1 Å². The maximum absolute atomic E-state index is 8.80. The average molecular weight is 160 g/mol. The molecule has 0 fully saturated rings. The third-order valence-electron chi connectivity index (χ3n) is 1.98. The summed E-state index contributed by atoms with van der Waals surface area (Å²) in [7, 11) is 0. The van der Waals surface area contributed by atoms with Crippen molar-refractivity contribution in [1.82, 2.24) is 4.98 Å². The van der Waals surface area contributed by atoms with Crippen molar-refractivity contribution in [3.05, 3.63) is 23.9 Å². The van der Waals surface area contributed by atoms with E-state index >= 15 is 0 Å². The van der Waals surface area contributed by atoms with Crippen LogP contribution >= 0.6 is 0 Å². The van der Waals surface area contributed by atoms with Crippen LogP contribution in [0.15, 0.2) is 18.3 Å². The third-order valence-corrected chi connectivity index (χ3v) is 1.98. The van der Waals surface area contributed by atoms with Gasteiger partial charge >= 0.3 is 0 Å². The zero-order valence-corrected chi connectivity index (χ0v) is 6.53. The second-order valence-electron chi connectivity index (χ2n) is 2.72. The summed E-state index contributed by atoms with van der Waals surface area (Å²) in [4.78, 5) is 4.04. The fourth-order valence-electron chi connectivity index (χ4n) is 1.35. The van der Waals surface area contributed by atoms with E-state index in [1.54, 1.807) is 6.20 Å². The summed E-state index contributed by atoms with van der Waals surface area (Å²) in [6.07, 6.45) is 2.45. The van der Waals surface area contributed by atoms with Crippen LogP contribution in [0.2, 0.25) is 0 Å². The molecule has 0 N–H and O–H groups in total. The summed E-state index contributed by atoms with van der Waals surface area (Å²) in [6.45, 7) is 0.599. The maximum Gasteiger partial charge on any atom is 0.217 e. The van der Waals surface area contributed by atoms with Crippen LogP contribution in [-0.2, 0) is 0 Å². The predicted octanol–water partition coefficient (Wildman–Crippen LogP) is 1.47. The lowest BCUT2D eigenvalue weighted by molar-refractivity contribution is 0.268. The van der Waals surface area contributed by atoms with E-state index in [4.69, 9.17) is 10.00 Å². The van der Waals surface area contributed by atoms with Crippen molar-refractivity contribution < 1.29 is 4.74 Å². The van der Waals surface area contributed by atoms with Gasteiger partial charge in [0.15, 0.2) is 0 Å². The van der Waals surface area contributed by atoms with Crippen LogP contribution in [0.3, 0.4) is 0 Å². The molecule has 2 rings (SSSR count). The van der Waals surface area contributed by atoms with Gasteiger partial charge in [0, 0.05) is 18.2 Å². The monoisotopic (exact) mass is 160 g/mol. The Balaban J connectivity index is 2.45. The van der Waals surface area contributed by atoms with Gasteiger partial charge in [0.1, 0.15) is 0 Å². The Bertz CT molecular complexity index is 330. The molecule has 60 valence electrons. The Labute approximate surface area is 70.6 Å². The van der Waals surface area contributed by atoms with Crippen LogP contribution in [-0.4, -0.2) is 11.6 Å². The number of nitrogens with zero attached hydrogens (tertiary/aromatic N) is 2. The normalized spacial score (nSPS) is 20.4. The van der Waals surface area contributed by atoms with Crippen molar-refractivity contribution in [2.75, 3.05) is 6.61 Å². The Morgan fingerprint density at radius 2 is 2.58 bits per heavy atom. The van der Waals surface area contributed by atoms with Gasteiger partial charge in [0.2, 0.25) is 5.88 Å². The van der Waals surface area contributed by atoms with Gasteiger partial charge in [0.05, 0.1) is 18.6 Å². The molecule has 12 heavy (non-hydrogen) atoms. The van der Waals surface area contributed by atoms with Crippen LogP contribution in [0, 0.1) is 11.3 Å². The second-order valence-corrected chi connectivity index (χ2v) is 2.72. The fourth-order valence-corrected chi connectivity index (χ4v) is 1.35. The molecular formula is C9H8N2O. The molecule has 1 aromatic heterocycles. The summed E-state index contributed by atoms with van der Waals surface area (Å²) < 4.78 is 5.29. The lowest BCUT2D eigenvalue weighted by Gasteiger charge is -2.19. The molecule has 1 unspecified atom stereocenters. The first-order chi connectivity index (χ1) is 5.92. The summed E-state index contributed by atoms with van der Waals surface area (Å²) in [5.41, 5.74) is 0.922. The highest BCUT2D eigenvalue weighted by Gasteiger charge is 2.21. The summed E-state index contributed by atoms with van der Waals surface area (Å²) >= 11 is 0. The second kappa shape index (κ2) is 2.82. The largest absolute Gasteiger partial charge is 0.477 e. The average Bonchev–Trinajstić information content (AvgIpc) is 2.17. The highest BCUT2D eigenvalue weighted by atomic mass is 16.5. The van der Waals surface area contributed by atoms with Gasteiger partial charge in [-0.1, -0.05) is 6.07 Å². The van der Waals surface area contributed by atoms with E-state index < -0.39 is 0 Å². The van der Waals surface area contributed by atoms with Crippen molar-refractivity contribution in [2.24, 2.45) is 0 Å². The van der Waals surface area contributed by atoms with Crippen LogP contribution in [0.4, 0.5) is 0 Å². The van der Waals surface area contributed by atoms with Crippen molar-refractivity contribution in [3.63, 3.8) is 0 Å². The molecule has 1 aliphatic heterocycles. The first kappa shape index (κ1) is 7.11. The number of hydrogen-bond acceptors (Lipinski definition) is 3. The van der Waals surface area contributed by atoms with Crippen LogP contribution < -0.4 is 4.74 Å². The first-order valence-electron chi connectivity index (χ1n) is 3.89. The van der Waals surface area contributed by atoms with E-state index in [1.165, 1.54) is 0 Å². The Hall–Kier alpha value is -1.56. The maximum atomic E-state index is 8.80. The van der Waals surface area contributed by atoms with Gasteiger partial charge in [-0.05, 0) is 6.07 Å². The molecule has 0 radical (unpaired) electrons. The first-order valence-corrected chi connectivity index (χ1v) is 3.89. The lowest BCUT2D eigenvalue weighted by atomic mass is 9.97. The lowest BCUT2D eigenvalue weighted by Crippen LogP contribution is -2.13. The fraction of sp³-hybridized carbons (Fsp3) is 0.333. The third kappa shape index (κ3) is 1.02. The molecule has 0 bridgehead atoms. The summed E-state index contributed by atoms with van der Waals surface area (Å²) in [5, 5.41) is 8.80. The van der Waals surface area contributed by atoms with E-state index in [0.29, 0.717) is 12.5 Å². The molecule has 1 atom stereocenters. The van der Waals surface area contributed by atoms with Crippen LogP contribution in [0.5, 0.6) is 5.88 Å². The number of pyridine rings is 1. The molecule has 1 aromatic rings. The molecule has 3 nitrogen and oxygen atoms in total. The summed E-state index contributed by atoms with van der Waals surface area (Å²) in [6, 6.07) is 5.97. The van der Waals surface area contributed by atoms with Gasteiger partial charge in [-0.15, -0.1) is 0 Å². The molecule has 0 spiro atoms. The Morgan fingerprint density at radius 1 is 1.67 bits per heavy atom. The van der Waals surface area contributed by atoms with Gasteiger partial charge < -0.3 is 4.74 Å².